The summed E-state index contributed by atoms with van der Waals surface area (Å²) in [6.07, 6.45) is 1.34. The van der Waals surface area contributed by atoms with Crippen LogP contribution >= 0.6 is 11.6 Å². The highest BCUT2D eigenvalue weighted by Gasteiger charge is 2.14. The van der Waals surface area contributed by atoms with Gasteiger partial charge in [0, 0.05) is 23.9 Å². The maximum Gasteiger partial charge on any atom is 0.358 e. The fourth-order valence-corrected chi connectivity index (χ4v) is 1.82. The molecule has 1 heterocycles. The number of rotatable bonds is 5. The van der Waals surface area contributed by atoms with E-state index < -0.39 is 10.9 Å². The summed E-state index contributed by atoms with van der Waals surface area (Å²) in [7, 11) is 0. The highest BCUT2D eigenvalue weighted by atomic mass is 35.5. The van der Waals surface area contributed by atoms with Gasteiger partial charge in [0.15, 0.2) is 11.4 Å². The summed E-state index contributed by atoms with van der Waals surface area (Å²) in [6, 6.07) is 6.97. The summed E-state index contributed by atoms with van der Waals surface area (Å²) >= 11 is 5.93. The molecule has 21 heavy (non-hydrogen) atoms. The van der Waals surface area contributed by atoms with Gasteiger partial charge in [-0.25, -0.2) is 9.78 Å². The number of nitro groups is 1. The van der Waals surface area contributed by atoms with Crippen LogP contribution in [0.3, 0.4) is 0 Å². The van der Waals surface area contributed by atoms with Gasteiger partial charge in [-0.1, -0.05) is 11.6 Å². The van der Waals surface area contributed by atoms with Crippen LogP contribution in [0.2, 0.25) is 5.02 Å². The first-order chi connectivity index (χ1) is 9.99. The van der Waals surface area contributed by atoms with Gasteiger partial charge in [0.1, 0.15) is 6.61 Å². The van der Waals surface area contributed by atoms with E-state index in [2.05, 4.69) is 4.98 Å². The van der Waals surface area contributed by atoms with Crippen LogP contribution in [0.1, 0.15) is 16.1 Å². The lowest BCUT2D eigenvalue weighted by molar-refractivity contribution is -0.384. The molecule has 108 valence electrons. The topological polar surface area (TPSA) is 103 Å². The Balaban J connectivity index is 2.17. The van der Waals surface area contributed by atoms with Crippen molar-refractivity contribution in [3.63, 3.8) is 0 Å². The molecule has 2 rings (SSSR count). The van der Waals surface area contributed by atoms with Crippen LogP contribution in [-0.2, 0) is 6.61 Å². The second-order valence-electron chi connectivity index (χ2n) is 3.98. The maximum absolute atomic E-state index is 11.0. The van der Waals surface area contributed by atoms with E-state index in [0.717, 1.165) is 0 Å². The van der Waals surface area contributed by atoms with Crippen LogP contribution in [0.25, 0.3) is 0 Å². The van der Waals surface area contributed by atoms with E-state index in [9.17, 15) is 14.9 Å². The van der Waals surface area contributed by atoms with Crippen molar-refractivity contribution in [1.82, 2.24) is 4.98 Å². The Morgan fingerprint density at radius 1 is 1.43 bits per heavy atom. The smallest absolute Gasteiger partial charge is 0.358 e. The van der Waals surface area contributed by atoms with Gasteiger partial charge in [-0.05, 0) is 18.2 Å². The van der Waals surface area contributed by atoms with Gasteiger partial charge in [0.25, 0.3) is 5.69 Å². The molecule has 0 fully saturated rings. The number of aromatic carboxylic acids is 1. The van der Waals surface area contributed by atoms with Gasteiger partial charge in [-0.2, -0.15) is 0 Å². The summed E-state index contributed by atoms with van der Waals surface area (Å²) < 4.78 is 5.37. The zero-order valence-electron chi connectivity index (χ0n) is 10.5. The van der Waals surface area contributed by atoms with Gasteiger partial charge in [-0.3, -0.25) is 10.1 Å². The van der Waals surface area contributed by atoms with Crippen molar-refractivity contribution in [3.05, 3.63) is 62.9 Å². The third kappa shape index (κ3) is 3.46. The number of hydrogen-bond acceptors (Lipinski definition) is 5. The molecule has 1 N–H and O–H groups in total. The molecule has 0 saturated carbocycles. The average molecular weight is 309 g/mol. The summed E-state index contributed by atoms with van der Waals surface area (Å²) in [5.41, 5.74) is 0.161. The fraction of sp³-hybridized carbons (Fsp3) is 0.0769. The predicted molar refractivity (Wildman–Crippen MR) is 73.6 cm³/mol. The molecule has 8 heteroatoms. The van der Waals surface area contributed by atoms with Crippen molar-refractivity contribution in [2.45, 2.75) is 6.61 Å². The number of carboxylic acids is 1. The van der Waals surface area contributed by atoms with E-state index in [1.165, 1.54) is 30.5 Å². The second-order valence-corrected chi connectivity index (χ2v) is 4.38. The van der Waals surface area contributed by atoms with Crippen LogP contribution in [0.4, 0.5) is 5.69 Å². The van der Waals surface area contributed by atoms with Gasteiger partial charge in [0.05, 0.1) is 9.95 Å². The predicted octanol–water partition coefficient (Wildman–Crippen LogP) is 2.92. The maximum atomic E-state index is 11.0. The average Bonchev–Trinajstić information content (AvgIpc) is 2.46. The molecule has 0 aliphatic rings. The Labute approximate surface area is 123 Å². The van der Waals surface area contributed by atoms with E-state index in [4.69, 9.17) is 21.4 Å². The number of halogens is 1. The van der Waals surface area contributed by atoms with Crippen LogP contribution in [0.5, 0.6) is 5.75 Å². The molecule has 2 aromatic rings. The highest BCUT2D eigenvalue weighted by molar-refractivity contribution is 6.31. The normalized spacial score (nSPS) is 10.1. The summed E-state index contributed by atoms with van der Waals surface area (Å²) in [5.74, 6) is -1.11. The molecule has 0 bridgehead atoms. The SMILES string of the molecule is O=C(O)c1ncccc1OCc1ccc([N+](=O)[O-])cc1Cl. The summed E-state index contributed by atoms with van der Waals surface area (Å²) in [6.45, 7) is -0.0250. The van der Waals surface area contributed by atoms with E-state index in [1.54, 1.807) is 6.07 Å². The molecular weight excluding hydrogens is 300 g/mol. The number of non-ortho nitro benzene ring substituents is 1. The molecule has 0 unspecified atom stereocenters. The van der Waals surface area contributed by atoms with Gasteiger partial charge in [0.2, 0.25) is 0 Å². The number of pyridine rings is 1. The highest BCUT2D eigenvalue weighted by Crippen LogP contribution is 2.24. The van der Waals surface area contributed by atoms with Gasteiger partial charge >= 0.3 is 5.97 Å². The monoisotopic (exact) mass is 308 g/mol. The molecule has 0 aliphatic carbocycles. The molecule has 7 nitrogen and oxygen atoms in total. The standard InChI is InChI=1S/C13H9ClN2O5/c14-10-6-9(16(19)20)4-3-8(10)7-21-11-2-1-5-15-12(11)13(17)18/h1-6H,7H2,(H,17,18). The lowest BCUT2D eigenvalue weighted by Crippen LogP contribution is -2.05. The van der Waals surface area contributed by atoms with Crippen molar-refractivity contribution in [3.8, 4) is 5.75 Å². The number of carbonyl (C=O) groups is 1. The Bertz CT molecular complexity index is 705. The number of benzene rings is 1. The van der Waals surface area contributed by atoms with Gasteiger partial charge < -0.3 is 9.84 Å². The van der Waals surface area contributed by atoms with E-state index in [-0.39, 0.29) is 28.8 Å². The Morgan fingerprint density at radius 2 is 2.19 bits per heavy atom. The Hall–Kier alpha value is -2.67. The van der Waals surface area contributed by atoms with Gasteiger partial charge in [-0.15, -0.1) is 0 Å². The van der Waals surface area contributed by atoms with Crippen LogP contribution in [0.15, 0.2) is 36.5 Å². The zero-order valence-corrected chi connectivity index (χ0v) is 11.3. The number of aromatic nitrogens is 1. The lowest BCUT2D eigenvalue weighted by atomic mass is 10.2. The molecule has 1 aromatic heterocycles. The van der Waals surface area contributed by atoms with E-state index in [1.807, 2.05) is 0 Å². The molecule has 0 atom stereocenters. The minimum absolute atomic E-state index is 0.0250. The van der Waals surface area contributed by atoms with Crippen LogP contribution in [0, 0.1) is 10.1 Å². The summed E-state index contributed by atoms with van der Waals surface area (Å²) in [5, 5.41) is 19.7. The van der Waals surface area contributed by atoms with E-state index >= 15 is 0 Å². The molecule has 0 amide bonds. The molecule has 1 aromatic carbocycles. The molecule has 0 saturated heterocycles. The molecule has 0 radical (unpaired) electrons. The quantitative estimate of drug-likeness (QED) is 0.673. The fourth-order valence-electron chi connectivity index (χ4n) is 1.59. The molecule has 0 aliphatic heterocycles. The van der Waals surface area contributed by atoms with Crippen LogP contribution in [-0.4, -0.2) is 21.0 Å². The van der Waals surface area contributed by atoms with Crippen molar-refractivity contribution < 1.29 is 19.6 Å². The largest absolute Gasteiger partial charge is 0.486 e. The second kappa shape index (κ2) is 6.19. The molecule has 0 spiro atoms. The molecular formula is C13H9ClN2O5. The minimum Gasteiger partial charge on any atom is -0.486 e. The minimum atomic E-state index is -1.21. The number of nitro benzene ring substituents is 1. The number of nitrogens with zero attached hydrogens (tertiary/aromatic N) is 2. The van der Waals surface area contributed by atoms with E-state index in [0.29, 0.717) is 5.56 Å². The Morgan fingerprint density at radius 3 is 2.81 bits per heavy atom. The number of ether oxygens (including phenoxy) is 1. The van der Waals surface area contributed by atoms with Crippen LogP contribution < -0.4 is 4.74 Å². The van der Waals surface area contributed by atoms with Crippen molar-refractivity contribution in [2.24, 2.45) is 0 Å². The van der Waals surface area contributed by atoms with Crippen molar-refractivity contribution >= 4 is 23.3 Å². The number of hydrogen-bond donors (Lipinski definition) is 1. The van der Waals surface area contributed by atoms with Crippen molar-refractivity contribution in [2.75, 3.05) is 0 Å². The third-order valence-corrected chi connectivity index (χ3v) is 2.96. The first kappa shape index (κ1) is 14.7. The third-order valence-electron chi connectivity index (χ3n) is 2.60. The first-order valence-corrected chi connectivity index (χ1v) is 6.10. The first-order valence-electron chi connectivity index (χ1n) is 5.73. The Kier molecular flexibility index (Phi) is 4.34. The number of carboxylic acid groups (broad SMARTS) is 1. The lowest BCUT2D eigenvalue weighted by Gasteiger charge is -2.09. The van der Waals surface area contributed by atoms with Crippen molar-refractivity contribution in [1.29, 1.82) is 0 Å². The summed E-state index contributed by atoms with van der Waals surface area (Å²) in [4.78, 5) is 24.7. The zero-order chi connectivity index (χ0) is 15.4.